The maximum atomic E-state index is 5.76. The number of benzene rings is 1. The van der Waals surface area contributed by atoms with Crippen LogP contribution in [0.2, 0.25) is 5.02 Å². The van der Waals surface area contributed by atoms with Crippen molar-refractivity contribution in [3.05, 3.63) is 23.5 Å². The number of nitrogens with zero attached hydrogens (tertiary/aromatic N) is 1. The first-order chi connectivity index (χ1) is 5.27. The average molecular weight is 167 g/mol. The van der Waals surface area contributed by atoms with Gasteiger partial charge in [-0.15, -0.1) is 0 Å². The highest BCUT2D eigenvalue weighted by Crippen LogP contribution is 2.22. The lowest BCUT2D eigenvalue weighted by molar-refractivity contribution is 1.32. The molecule has 1 heterocycles. The molecule has 0 atom stereocenters. The lowest BCUT2D eigenvalue weighted by Gasteiger charge is -1.95. The van der Waals surface area contributed by atoms with Crippen molar-refractivity contribution in [3.8, 4) is 0 Å². The topological polar surface area (TPSA) is 54.7 Å². The predicted octanol–water partition coefficient (Wildman–Crippen LogP) is 1.60. The molecule has 3 N–H and O–H groups in total. The number of hydrogen-bond acceptors (Lipinski definition) is 2. The quantitative estimate of drug-likeness (QED) is 0.584. The number of nitrogens with one attached hydrogen (secondary N) is 1. The fourth-order valence-corrected chi connectivity index (χ4v) is 1.08. The maximum Gasteiger partial charge on any atom is 0.174 e. The van der Waals surface area contributed by atoms with Gasteiger partial charge in [0.05, 0.1) is 21.7 Å². The van der Waals surface area contributed by atoms with Crippen LogP contribution in [0.4, 0.5) is 5.69 Å². The van der Waals surface area contributed by atoms with Gasteiger partial charge in [-0.1, -0.05) is 11.6 Å². The first-order valence-corrected chi connectivity index (χ1v) is 3.46. The summed E-state index contributed by atoms with van der Waals surface area (Å²) in [5.41, 5.74) is 7.72. The number of anilines is 1. The Hall–Kier alpha value is -1.22. The fourth-order valence-electron chi connectivity index (χ4n) is 0.919. The zero-order valence-electron chi connectivity index (χ0n) is 5.56. The number of H-pyrrole nitrogens is 1. The second kappa shape index (κ2) is 2.13. The molecule has 1 aromatic carbocycles. The normalized spacial score (nSPS) is 10.6. The molecule has 4 heteroatoms. The molecule has 0 spiro atoms. The van der Waals surface area contributed by atoms with Gasteiger partial charge in [0.1, 0.15) is 0 Å². The third-order valence-electron chi connectivity index (χ3n) is 1.48. The molecule has 2 aromatic rings. The molecule has 0 aliphatic heterocycles. The lowest BCUT2D eigenvalue weighted by atomic mass is 10.3. The van der Waals surface area contributed by atoms with E-state index in [1.807, 2.05) is 0 Å². The van der Waals surface area contributed by atoms with E-state index < -0.39 is 0 Å². The third kappa shape index (κ3) is 0.935. The summed E-state index contributed by atoms with van der Waals surface area (Å²) in [7, 11) is 0. The van der Waals surface area contributed by atoms with E-state index in [2.05, 4.69) is 16.3 Å². The Labute approximate surface area is 68.2 Å². The predicted molar refractivity (Wildman–Crippen MR) is 44.4 cm³/mol. The average Bonchev–Trinajstić information content (AvgIpc) is 2.36. The van der Waals surface area contributed by atoms with Crippen molar-refractivity contribution >= 4 is 28.3 Å². The molecule has 0 aliphatic rings. The van der Waals surface area contributed by atoms with Crippen LogP contribution in [0.3, 0.4) is 0 Å². The lowest BCUT2D eigenvalue weighted by Crippen LogP contribution is -1.85. The zero-order chi connectivity index (χ0) is 7.84. The molecule has 11 heavy (non-hydrogen) atoms. The van der Waals surface area contributed by atoms with Crippen molar-refractivity contribution < 1.29 is 0 Å². The fraction of sp³-hybridized carbons (Fsp3) is 0. The summed E-state index contributed by atoms with van der Waals surface area (Å²) in [6.45, 7) is 0. The van der Waals surface area contributed by atoms with E-state index in [1.165, 1.54) is 0 Å². The van der Waals surface area contributed by atoms with Gasteiger partial charge in [0.2, 0.25) is 0 Å². The monoisotopic (exact) mass is 166 g/mol. The molecular formula is C7H5ClN3. The van der Waals surface area contributed by atoms with Crippen LogP contribution in [0.25, 0.3) is 11.0 Å². The number of nitrogens with two attached hydrogens (primary N) is 1. The first kappa shape index (κ1) is 6.49. The summed E-state index contributed by atoms with van der Waals surface area (Å²) in [6.07, 6.45) is 2.60. The molecular weight excluding hydrogens is 162 g/mol. The largest absolute Gasteiger partial charge is 0.397 e. The molecule has 0 unspecified atom stereocenters. The van der Waals surface area contributed by atoms with Gasteiger partial charge in [-0.25, -0.2) is 4.98 Å². The molecule has 1 aromatic heterocycles. The van der Waals surface area contributed by atoms with Crippen LogP contribution in [0.1, 0.15) is 0 Å². The van der Waals surface area contributed by atoms with Crippen LogP contribution >= 0.6 is 11.6 Å². The van der Waals surface area contributed by atoms with E-state index in [0.29, 0.717) is 10.7 Å². The molecule has 2 rings (SSSR count). The van der Waals surface area contributed by atoms with Gasteiger partial charge >= 0.3 is 0 Å². The Bertz CT molecular complexity index is 357. The van der Waals surface area contributed by atoms with E-state index in [-0.39, 0.29) is 0 Å². The number of aromatic amines is 1. The molecule has 0 saturated carbocycles. The molecule has 1 radical (unpaired) electrons. The van der Waals surface area contributed by atoms with E-state index >= 15 is 0 Å². The molecule has 0 saturated heterocycles. The number of halogens is 1. The minimum atomic E-state index is 0.537. The minimum absolute atomic E-state index is 0.537. The molecule has 55 valence electrons. The van der Waals surface area contributed by atoms with Gasteiger partial charge in [0.15, 0.2) is 6.33 Å². The van der Waals surface area contributed by atoms with Crippen molar-refractivity contribution in [2.24, 2.45) is 0 Å². The standard InChI is InChI=1S/C7H5ClN3/c8-4-1-6-7(2-5(4)9)11-3-10-6/h1-2H,9H2,(H,10,11). The van der Waals surface area contributed by atoms with Crippen molar-refractivity contribution in [1.82, 2.24) is 9.97 Å². The van der Waals surface area contributed by atoms with E-state index in [0.717, 1.165) is 11.0 Å². The Kier molecular flexibility index (Phi) is 1.26. The summed E-state index contributed by atoms with van der Waals surface area (Å²) in [6, 6.07) is 3.44. The van der Waals surface area contributed by atoms with E-state index in [4.69, 9.17) is 17.3 Å². The Morgan fingerprint density at radius 2 is 2.36 bits per heavy atom. The summed E-state index contributed by atoms with van der Waals surface area (Å²) < 4.78 is 0. The number of hydrogen-bond donors (Lipinski definition) is 2. The van der Waals surface area contributed by atoms with Crippen LogP contribution in [0, 0.1) is 6.33 Å². The van der Waals surface area contributed by atoms with Gasteiger partial charge in [0, 0.05) is 0 Å². The first-order valence-electron chi connectivity index (χ1n) is 3.08. The van der Waals surface area contributed by atoms with Crippen LogP contribution in [-0.4, -0.2) is 9.97 Å². The van der Waals surface area contributed by atoms with E-state index in [9.17, 15) is 0 Å². The molecule has 0 amide bonds. The van der Waals surface area contributed by atoms with Gasteiger partial charge in [-0.2, -0.15) is 0 Å². The number of rotatable bonds is 0. The highest BCUT2D eigenvalue weighted by molar-refractivity contribution is 6.33. The van der Waals surface area contributed by atoms with Gasteiger partial charge in [-0.05, 0) is 12.1 Å². The Morgan fingerprint density at radius 3 is 3.18 bits per heavy atom. The highest BCUT2D eigenvalue weighted by Gasteiger charge is 2.00. The number of nitrogen functional groups attached to an aromatic ring is 1. The van der Waals surface area contributed by atoms with Crippen molar-refractivity contribution in [1.29, 1.82) is 0 Å². The van der Waals surface area contributed by atoms with Crippen molar-refractivity contribution in [2.75, 3.05) is 5.73 Å². The maximum absolute atomic E-state index is 5.76. The summed E-state index contributed by atoms with van der Waals surface area (Å²) >= 11 is 5.76. The van der Waals surface area contributed by atoms with Crippen LogP contribution in [0.5, 0.6) is 0 Å². The summed E-state index contributed by atoms with van der Waals surface area (Å²) in [5.74, 6) is 0. The third-order valence-corrected chi connectivity index (χ3v) is 1.81. The van der Waals surface area contributed by atoms with Gasteiger partial charge < -0.3 is 10.7 Å². The van der Waals surface area contributed by atoms with Crippen molar-refractivity contribution in [2.45, 2.75) is 0 Å². The SMILES string of the molecule is Nc1cc2n[c][nH]c2cc1Cl. The van der Waals surface area contributed by atoms with E-state index in [1.54, 1.807) is 12.1 Å². The van der Waals surface area contributed by atoms with Crippen LogP contribution < -0.4 is 5.73 Å². The van der Waals surface area contributed by atoms with Gasteiger partial charge in [0.25, 0.3) is 0 Å². The molecule has 0 bridgehead atoms. The smallest absolute Gasteiger partial charge is 0.174 e. The summed E-state index contributed by atoms with van der Waals surface area (Å²) in [5, 5.41) is 0.537. The second-order valence-corrected chi connectivity index (χ2v) is 2.65. The number of imidazole rings is 1. The molecule has 0 aliphatic carbocycles. The minimum Gasteiger partial charge on any atom is -0.397 e. The Morgan fingerprint density at radius 1 is 1.55 bits per heavy atom. The van der Waals surface area contributed by atoms with Crippen LogP contribution in [-0.2, 0) is 0 Å². The second-order valence-electron chi connectivity index (χ2n) is 2.24. The molecule has 0 fully saturated rings. The highest BCUT2D eigenvalue weighted by atomic mass is 35.5. The van der Waals surface area contributed by atoms with Gasteiger partial charge in [-0.3, -0.25) is 0 Å². The zero-order valence-corrected chi connectivity index (χ0v) is 6.31. The number of aromatic nitrogens is 2. The van der Waals surface area contributed by atoms with Crippen molar-refractivity contribution in [3.63, 3.8) is 0 Å². The van der Waals surface area contributed by atoms with Crippen LogP contribution in [0.15, 0.2) is 12.1 Å². The summed E-state index contributed by atoms with van der Waals surface area (Å²) in [4.78, 5) is 6.71. The Balaban J connectivity index is 2.86. The molecule has 3 nitrogen and oxygen atoms in total. The number of fused-ring (bicyclic) bond motifs is 1.